The number of carboxylic acids is 1. The number of aliphatic carboxylic acids is 1. The number of aliphatic hydroxyl groups excluding tert-OH is 1. The molecule has 20 heavy (non-hydrogen) atoms. The molecule has 1 aliphatic heterocycles. The van der Waals surface area contributed by atoms with Gasteiger partial charge in [0, 0.05) is 19.2 Å². The summed E-state index contributed by atoms with van der Waals surface area (Å²) < 4.78 is 0. The standard InChI is InChI=1S/C11H9Cl3N2O4/c12-5-2-15-9(8(14)7(5)13)10(18)16-3-4(17)1-6(16)11(19)20/h2,4,6,17H,1,3H2,(H,19,20)/t4?,6-/m0/s1. The number of amides is 1. The zero-order valence-corrected chi connectivity index (χ0v) is 12.2. The van der Waals surface area contributed by atoms with Gasteiger partial charge in [-0.1, -0.05) is 34.8 Å². The Labute approximate surface area is 128 Å². The van der Waals surface area contributed by atoms with Crippen molar-refractivity contribution in [2.75, 3.05) is 6.54 Å². The van der Waals surface area contributed by atoms with E-state index in [0.29, 0.717) is 0 Å². The lowest BCUT2D eigenvalue weighted by molar-refractivity contribution is -0.141. The highest BCUT2D eigenvalue weighted by Crippen LogP contribution is 2.32. The second-order valence-corrected chi connectivity index (χ2v) is 5.45. The largest absolute Gasteiger partial charge is 0.480 e. The molecule has 2 atom stereocenters. The van der Waals surface area contributed by atoms with Crippen molar-refractivity contribution in [2.45, 2.75) is 18.6 Å². The normalized spacial score (nSPS) is 22.1. The summed E-state index contributed by atoms with van der Waals surface area (Å²) in [6.07, 6.45) is 0.215. The highest BCUT2D eigenvalue weighted by atomic mass is 35.5. The van der Waals surface area contributed by atoms with Gasteiger partial charge in [-0.25, -0.2) is 9.78 Å². The number of halogens is 3. The van der Waals surface area contributed by atoms with Crippen LogP contribution in [0.5, 0.6) is 0 Å². The number of pyridine rings is 1. The van der Waals surface area contributed by atoms with Crippen LogP contribution in [0.2, 0.25) is 15.1 Å². The maximum Gasteiger partial charge on any atom is 0.326 e. The summed E-state index contributed by atoms with van der Waals surface area (Å²) in [6, 6.07) is -1.12. The Balaban J connectivity index is 2.36. The summed E-state index contributed by atoms with van der Waals surface area (Å²) in [5.74, 6) is -1.91. The van der Waals surface area contributed by atoms with Crippen molar-refractivity contribution < 1.29 is 19.8 Å². The quantitative estimate of drug-likeness (QED) is 0.856. The lowest BCUT2D eigenvalue weighted by atomic mass is 10.2. The molecule has 2 heterocycles. The van der Waals surface area contributed by atoms with Crippen molar-refractivity contribution in [1.29, 1.82) is 0 Å². The summed E-state index contributed by atoms with van der Waals surface area (Å²) in [7, 11) is 0. The van der Waals surface area contributed by atoms with Crippen molar-refractivity contribution in [3.63, 3.8) is 0 Å². The Morgan fingerprint density at radius 3 is 2.55 bits per heavy atom. The van der Waals surface area contributed by atoms with Crippen molar-refractivity contribution in [3.8, 4) is 0 Å². The zero-order chi connectivity index (χ0) is 15.0. The summed E-state index contributed by atoms with van der Waals surface area (Å²) >= 11 is 17.4. The van der Waals surface area contributed by atoms with Crippen LogP contribution in [0.4, 0.5) is 0 Å². The van der Waals surface area contributed by atoms with Crippen LogP contribution in [0.1, 0.15) is 16.9 Å². The van der Waals surface area contributed by atoms with Gasteiger partial charge < -0.3 is 15.1 Å². The fraction of sp³-hybridized carbons (Fsp3) is 0.364. The monoisotopic (exact) mass is 338 g/mol. The second-order valence-electron chi connectivity index (χ2n) is 4.28. The van der Waals surface area contributed by atoms with E-state index in [-0.39, 0.29) is 33.7 Å². The minimum absolute atomic E-state index is 0.0293. The third kappa shape index (κ3) is 2.69. The molecule has 6 nitrogen and oxygen atoms in total. The van der Waals surface area contributed by atoms with Crippen molar-refractivity contribution in [1.82, 2.24) is 9.88 Å². The second kappa shape index (κ2) is 5.73. The molecule has 1 aromatic rings. The molecule has 1 aromatic heterocycles. The van der Waals surface area contributed by atoms with Gasteiger partial charge in [0.05, 0.1) is 21.2 Å². The molecule has 0 radical (unpaired) electrons. The molecule has 2 N–H and O–H groups in total. The number of aromatic nitrogens is 1. The van der Waals surface area contributed by atoms with Gasteiger partial charge in [-0.2, -0.15) is 0 Å². The first-order chi connectivity index (χ1) is 9.32. The number of aliphatic hydroxyl groups is 1. The van der Waals surface area contributed by atoms with Crippen LogP contribution in [0, 0.1) is 0 Å². The molecule has 0 bridgehead atoms. The van der Waals surface area contributed by atoms with E-state index in [0.717, 1.165) is 11.1 Å². The zero-order valence-electron chi connectivity index (χ0n) is 9.89. The van der Waals surface area contributed by atoms with E-state index in [4.69, 9.17) is 39.9 Å². The number of hydrogen-bond acceptors (Lipinski definition) is 4. The first kappa shape index (κ1) is 15.3. The number of likely N-dealkylation sites (tertiary alicyclic amines) is 1. The van der Waals surface area contributed by atoms with E-state index in [2.05, 4.69) is 4.98 Å². The molecule has 9 heteroatoms. The number of carbonyl (C=O) groups is 2. The van der Waals surface area contributed by atoms with E-state index < -0.39 is 24.0 Å². The average molecular weight is 340 g/mol. The van der Waals surface area contributed by atoms with Crippen molar-refractivity contribution in [2.24, 2.45) is 0 Å². The van der Waals surface area contributed by atoms with Crippen LogP contribution in [0.25, 0.3) is 0 Å². The smallest absolute Gasteiger partial charge is 0.326 e. The van der Waals surface area contributed by atoms with Gasteiger partial charge in [0.15, 0.2) is 0 Å². The van der Waals surface area contributed by atoms with E-state index in [1.165, 1.54) is 0 Å². The molecule has 1 aliphatic rings. The fourth-order valence-corrected chi connectivity index (χ4v) is 2.56. The predicted molar refractivity (Wildman–Crippen MR) is 72.4 cm³/mol. The Morgan fingerprint density at radius 2 is 1.95 bits per heavy atom. The van der Waals surface area contributed by atoms with Gasteiger partial charge in [0.2, 0.25) is 0 Å². The number of nitrogens with zero attached hydrogens (tertiary/aromatic N) is 2. The minimum atomic E-state index is -1.20. The summed E-state index contributed by atoms with van der Waals surface area (Å²) in [4.78, 5) is 28.2. The Hall–Kier alpha value is -1.08. The number of rotatable bonds is 2. The molecular formula is C11H9Cl3N2O4. The summed E-state index contributed by atoms with van der Waals surface area (Å²) in [5.41, 5.74) is -0.193. The van der Waals surface area contributed by atoms with Gasteiger partial charge in [-0.15, -0.1) is 0 Å². The first-order valence-corrected chi connectivity index (χ1v) is 6.67. The van der Waals surface area contributed by atoms with E-state index >= 15 is 0 Å². The molecule has 0 aliphatic carbocycles. The van der Waals surface area contributed by atoms with Crippen molar-refractivity contribution >= 4 is 46.7 Å². The van der Waals surface area contributed by atoms with Gasteiger partial charge in [0.1, 0.15) is 11.7 Å². The molecule has 0 saturated carbocycles. The highest BCUT2D eigenvalue weighted by Gasteiger charge is 2.40. The fourth-order valence-electron chi connectivity index (χ4n) is 2.00. The third-order valence-electron chi connectivity index (χ3n) is 2.94. The van der Waals surface area contributed by atoms with Crippen LogP contribution in [-0.4, -0.2) is 50.7 Å². The maximum atomic E-state index is 12.3. The molecule has 108 valence electrons. The summed E-state index contributed by atoms with van der Waals surface area (Å²) in [5, 5.41) is 18.5. The van der Waals surface area contributed by atoms with Crippen LogP contribution >= 0.6 is 34.8 Å². The van der Waals surface area contributed by atoms with Crippen LogP contribution in [0.3, 0.4) is 0 Å². The molecule has 1 amide bonds. The number of hydrogen-bond donors (Lipinski definition) is 2. The number of carboxylic acid groups (broad SMARTS) is 1. The van der Waals surface area contributed by atoms with Gasteiger partial charge in [0.25, 0.3) is 5.91 Å². The Bertz CT molecular complexity index is 581. The van der Waals surface area contributed by atoms with Crippen molar-refractivity contribution in [3.05, 3.63) is 27.0 Å². The molecule has 0 aromatic carbocycles. The highest BCUT2D eigenvalue weighted by molar-refractivity contribution is 6.48. The SMILES string of the molecule is O=C(O)[C@@H]1CC(O)CN1C(=O)c1ncc(Cl)c(Cl)c1Cl. The molecular weight excluding hydrogens is 330 g/mol. The van der Waals surface area contributed by atoms with Gasteiger partial charge in [-0.3, -0.25) is 4.79 Å². The summed E-state index contributed by atoms with van der Waals surface area (Å²) in [6.45, 7) is -0.103. The van der Waals surface area contributed by atoms with Crippen LogP contribution in [0.15, 0.2) is 6.20 Å². The number of carbonyl (C=O) groups excluding carboxylic acids is 1. The molecule has 1 saturated heterocycles. The Morgan fingerprint density at radius 1 is 1.30 bits per heavy atom. The number of β-amino-alcohol motifs (C(OH)–C–C–N with tert-alkyl or cyclic N) is 1. The molecule has 1 fully saturated rings. The van der Waals surface area contributed by atoms with Crippen LogP contribution in [-0.2, 0) is 4.79 Å². The maximum absolute atomic E-state index is 12.3. The van der Waals surface area contributed by atoms with E-state index in [9.17, 15) is 14.7 Å². The Kier molecular flexibility index (Phi) is 4.39. The lowest BCUT2D eigenvalue weighted by Crippen LogP contribution is -2.41. The lowest BCUT2D eigenvalue weighted by Gasteiger charge is -2.21. The van der Waals surface area contributed by atoms with E-state index in [1.807, 2.05) is 0 Å². The molecule has 0 spiro atoms. The van der Waals surface area contributed by atoms with E-state index in [1.54, 1.807) is 0 Å². The minimum Gasteiger partial charge on any atom is -0.480 e. The van der Waals surface area contributed by atoms with Crippen LogP contribution < -0.4 is 0 Å². The average Bonchev–Trinajstić information content (AvgIpc) is 2.78. The first-order valence-electron chi connectivity index (χ1n) is 5.54. The topological polar surface area (TPSA) is 90.7 Å². The molecule has 1 unspecified atom stereocenters. The van der Waals surface area contributed by atoms with Gasteiger partial charge >= 0.3 is 5.97 Å². The molecule has 2 rings (SSSR count). The van der Waals surface area contributed by atoms with Gasteiger partial charge in [-0.05, 0) is 0 Å². The predicted octanol–water partition coefficient (Wildman–Crippen LogP) is 1.70. The third-order valence-corrected chi connectivity index (χ3v) is 4.19.